The molecule has 0 saturated carbocycles. The molecule has 0 unspecified atom stereocenters. The van der Waals surface area contributed by atoms with Crippen molar-refractivity contribution in [2.75, 3.05) is 9.80 Å². The van der Waals surface area contributed by atoms with E-state index in [2.05, 4.69) is 0 Å². The lowest BCUT2D eigenvalue weighted by atomic mass is 10.0. The summed E-state index contributed by atoms with van der Waals surface area (Å²) in [7, 11) is 0. The Balaban J connectivity index is 1.66. The molecular weight excluding hydrogens is 486 g/mol. The van der Waals surface area contributed by atoms with Gasteiger partial charge >= 0.3 is 6.03 Å². The Morgan fingerprint density at radius 1 is 0.703 bits per heavy atom. The summed E-state index contributed by atoms with van der Waals surface area (Å²) >= 11 is 6.46. The number of nitrogens with zero attached hydrogens (tertiary/aromatic N) is 3. The molecule has 1 fully saturated rings. The highest BCUT2D eigenvalue weighted by Crippen LogP contribution is 2.32. The molecular formula is C30H24ClN3O3. The number of rotatable bonds is 4. The Morgan fingerprint density at radius 3 is 1.89 bits per heavy atom. The van der Waals surface area contributed by atoms with Gasteiger partial charge in [0.05, 0.1) is 22.1 Å². The van der Waals surface area contributed by atoms with Crippen molar-refractivity contribution in [1.29, 1.82) is 0 Å². The number of benzene rings is 3. The highest BCUT2D eigenvalue weighted by Gasteiger charge is 2.43. The van der Waals surface area contributed by atoms with Gasteiger partial charge in [0.15, 0.2) is 0 Å². The number of amides is 4. The maximum Gasteiger partial charge on any atom is 0.343 e. The first-order valence-corrected chi connectivity index (χ1v) is 12.2. The zero-order valence-corrected chi connectivity index (χ0v) is 21.4. The summed E-state index contributed by atoms with van der Waals surface area (Å²) in [5, 5.41) is 0.583. The molecule has 0 spiro atoms. The molecule has 0 aliphatic carbocycles. The van der Waals surface area contributed by atoms with Crippen molar-refractivity contribution in [2.24, 2.45) is 0 Å². The lowest BCUT2D eigenvalue weighted by molar-refractivity contribution is -0.121. The van der Waals surface area contributed by atoms with E-state index in [-0.39, 0.29) is 5.57 Å². The summed E-state index contributed by atoms with van der Waals surface area (Å²) in [5.41, 5.74) is 4.83. The molecule has 1 saturated heterocycles. The largest absolute Gasteiger partial charge is 0.343 e. The Hall–Kier alpha value is -4.42. The van der Waals surface area contributed by atoms with Crippen LogP contribution in [0.4, 0.5) is 16.2 Å². The van der Waals surface area contributed by atoms with E-state index in [4.69, 9.17) is 11.6 Å². The van der Waals surface area contributed by atoms with E-state index in [1.165, 1.54) is 0 Å². The number of imide groups is 2. The second kappa shape index (κ2) is 9.56. The number of halogens is 1. The Kier molecular flexibility index (Phi) is 6.27. The first-order valence-electron chi connectivity index (χ1n) is 11.8. The summed E-state index contributed by atoms with van der Waals surface area (Å²) in [5.74, 6) is -1.35. The van der Waals surface area contributed by atoms with Crippen molar-refractivity contribution in [3.63, 3.8) is 0 Å². The van der Waals surface area contributed by atoms with Crippen LogP contribution < -0.4 is 9.80 Å². The Bertz CT molecular complexity index is 1570. The summed E-state index contributed by atoms with van der Waals surface area (Å²) in [4.78, 5) is 43.0. The van der Waals surface area contributed by atoms with Gasteiger partial charge in [-0.3, -0.25) is 9.59 Å². The number of hydrogen-bond donors (Lipinski definition) is 0. The van der Waals surface area contributed by atoms with Crippen LogP contribution in [0.2, 0.25) is 5.02 Å². The third-order valence-electron chi connectivity index (χ3n) is 6.42. The van der Waals surface area contributed by atoms with Crippen molar-refractivity contribution in [3.8, 4) is 5.69 Å². The molecule has 3 aromatic carbocycles. The van der Waals surface area contributed by atoms with E-state index in [0.29, 0.717) is 22.0 Å². The predicted octanol–water partition coefficient (Wildman–Crippen LogP) is 6.64. The molecule has 6 nitrogen and oxygen atoms in total. The molecule has 5 rings (SSSR count). The van der Waals surface area contributed by atoms with Crippen LogP contribution in [0, 0.1) is 20.8 Å². The minimum Gasteiger partial charge on any atom is -0.316 e. The van der Waals surface area contributed by atoms with Gasteiger partial charge in [-0.05, 0) is 74.9 Å². The van der Waals surface area contributed by atoms with Crippen LogP contribution in [-0.2, 0) is 9.59 Å². The number of para-hydroxylation sites is 2. The molecule has 0 N–H and O–H groups in total. The number of aromatic nitrogens is 1. The van der Waals surface area contributed by atoms with Crippen LogP contribution >= 0.6 is 11.6 Å². The molecule has 1 aliphatic heterocycles. The van der Waals surface area contributed by atoms with Gasteiger partial charge in [-0.25, -0.2) is 14.6 Å². The second-order valence-electron chi connectivity index (χ2n) is 8.91. The molecule has 1 aromatic heterocycles. The second-order valence-corrected chi connectivity index (χ2v) is 9.31. The third-order valence-corrected chi connectivity index (χ3v) is 6.74. The fraction of sp³-hybridized carbons (Fsp3) is 0.100. The number of carbonyl (C=O) groups excluding carboxylic acids is 3. The number of anilines is 2. The maximum absolute atomic E-state index is 13.7. The topological polar surface area (TPSA) is 62.6 Å². The van der Waals surface area contributed by atoms with Gasteiger partial charge in [-0.2, -0.15) is 0 Å². The predicted molar refractivity (Wildman–Crippen MR) is 146 cm³/mol. The van der Waals surface area contributed by atoms with E-state index in [0.717, 1.165) is 32.4 Å². The Morgan fingerprint density at radius 2 is 1.27 bits per heavy atom. The normalized spacial score (nSPS) is 15.1. The monoisotopic (exact) mass is 509 g/mol. The van der Waals surface area contributed by atoms with Crippen LogP contribution in [0.1, 0.15) is 22.5 Å². The van der Waals surface area contributed by atoms with E-state index in [9.17, 15) is 14.4 Å². The SMILES string of the molecule is Cc1ccc(N2C(=O)/C(=C/c3cc(C)n(-c4ccccc4Cl)c3C)C(=O)N(c3ccccc3)C2=O)cc1. The third kappa shape index (κ3) is 4.26. The van der Waals surface area contributed by atoms with Crippen molar-refractivity contribution < 1.29 is 14.4 Å². The number of hydrogen-bond acceptors (Lipinski definition) is 3. The molecule has 7 heteroatoms. The lowest BCUT2D eigenvalue weighted by Crippen LogP contribution is -2.57. The van der Waals surface area contributed by atoms with Crippen LogP contribution in [0.5, 0.6) is 0 Å². The van der Waals surface area contributed by atoms with Gasteiger partial charge in [0.25, 0.3) is 11.8 Å². The van der Waals surface area contributed by atoms with E-state index in [1.807, 2.05) is 67.8 Å². The van der Waals surface area contributed by atoms with Gasteiger partial charge in [-0.15, -0.1) is 0 Å². The van der Waals surface area contributed by atoms with Crippen LogP contribution in [0.3, 0.4) is 0 Å². The maximum atomic E-state index is 13.7. The van der Waals surface area contributed by atoms with Gasteiger partial charge in [-0.1, -0.05) is 59.6 Å². The van der Waals surface area contributed by atoms with E-state index >= 15 is 0 Å². The number of urea groups is 1. The minimum atomic E-state index is -0.719. The smallest absolute Gasteiger partial charge is 0.316 e. The Labute approximate surface area is 220 Å². The van der Waals surface area contributed by atoms with Gasteiger partial charge < -0.3 is 4.57 Å². The molecule has 4 amide bonds. The van der Waals surface area contributed by atoms with Gasteiger partial charge in [0.2, 0.25) is 0 Å². The highest BCUT2D eigenvalue weighted by atomic mass is 35.5. The summed E-state index contributed by atoms with van der Waals surface area (Å²) in [6.45, 7) is 5.75. The summed E-state index contributed by atoms with van der Waals surface area (Å²) in [6, 6.07) is 24.3. The van der Waals surface area contributed by atoms with Crippen LogP contribution in [0.25, 0.3) is 11.8 Å². The highest BCUT2D eigenvalue weighted by molar-refractivity contribution is 6.46. The first-order chi connectivity index (χ1) is 17.8. The molecule has 2 heterocycles. The van der Waals surface area contributed by atoms with Crippen molar-refractivity contribution in [1.82, 2.24) is 4.57 Å². The first kappa shape index (κ1) is 24.3. The van der Waals surface area contributed by atoms with Crippen molar-refractivity contribution in [3.05, 3.63) is 118 Å². The van der Waals surface area contributed by atoms with Crippen molar-refractivity contribution >= 4 is 46.9 Å². The fourth-order valence-corrected chi connectivity index (χ4v) is 4.77. The number of barbiturate groups is 1. The van der Waals surface area contributed by atoms with Crippen molar-refractivity contribution in [2.45, 2.75) is 20.8 Å². The zero-order valence-electron chi connectivity index (χ0n) is 20.6. The molecule has 4 aromatic rings. The van der Waals surface area contributed by atoms with E-state index < -0.39 is 17.8 Å². The number of carbonyl (C=O) groups is 3. The molecule has 1 aliphatic rings. The molecule has 0 bridgehead atoms. The van der Waals surface area contributed by atoms with Crippen LogP contribution in [-0.4, -0.2) is 22.4 Å². The minimum absolute atomic E-state index is 0.108. The molecule has 0 atom stereocenters. The van der Waals surface area contributed by atoms with Crippen LogP contribution in [0.15, 0.2) is 90.5 Å². The standard InChI is InChI=1S/C30H24ClN3O3/c1-19-13-15-24(16-14-19)34-29(36)25(28(35)33(30(34)37)23-9-5-4-6-10-23)18-22-17-20(2)32(21(22)3)27-12-8-7-11-26(27)31/h4-18H,1-3H3/b25-18+. The van der Waals surface area contributed by atoms with E-state index in [1.54, 1.807) is 48.5 Å². The zero-order chi connectivity index (χ0) is 26.3. The fourth-order valence-electron chi connectivity index (χ4n) is 4.55. The molecule has 0 radical (unpaired) electrons. The average molecular weight is 510 g/mol. The van der Waals surface area contributed by atoms with Gasteiger partial charge in [0.1, 0.15) is 5.57 Å². The van der Waals surface area contributed by atoms with Gasteiger partial charge in [0, 0.05) is 11.4 Å². The quantitative estimate of drug-likeness (QED) is 0.229. The summed E-state index contributed by atoms with van der Waals surface area (Å²) < 4.78 is 1.98. The molecule has 37 heavy (non-hydrogen) atoms. The summed E-state index contributed by atoms with van der Waals surface area (Å²) in [6.07, 6.45) is 1.56. The average Bonchev–Trinajstić information content (AvgIpc) is 3.16. The lowest BCUT2D eigenvalue weighted by Gasteiger charge is -2.34. The molecule has 184 valence electrons. The number of aryl methyl sites for hydroxylation is 2.